The van der Waals surface area contributed by atoms with Crippen molar-refractivity contribution in [2.75, 3.05) is 27.3 Å². The lowest BCUT2D eigenvalue weighted by Gasteiger charge is -2.42. The van der Waals surface area contributed by atoms with Crippen LogP contribution in [-0.2, 0) is 11.2 Å². The minimum Gasteiger partial charge on any atom is -0.493 e. The van der Waals surface area contributed by atoms with Crippen LogP contribution in [-0.4, -0.2) is 50.2 Å². The minimum absolute atomic E-state index is 0.0124. The van der Waals surface area contributed by atoms with Gasteiger partial charge in [0.15, 0.2) is 11.5 Å². The highest BCUT2D eigenvalue weighted by molar-refractivity contribution is 5.78. The van der Waals surface area contributed by atoms with E-state index >= 15 is 0 Å². The van der Waals surface area contributed by atoms with E-state index in [2.05, 4.69) is 10.6 Å². The number of nitrogens with one attached hydrogen (secondary N) is 2. The molecule has 7 heteroatoms. The summed E-state index contributed by atoms with van der Waals surface area (Å²) in [7, 11) is 3.23. The first-order valence-electron chi connectivity index (χ1n) is 10.9. The average Bonchev–Trinajstić information content (AvgIpc) is 2.73. The number of fused-ring (bicyclic) bond motifs is 1. The molecule has 0 aliphatic carbocycles. The Morgan fingerprint density at radius 1 is 1.17 bits per heavy atom. The number of carbonyl (C=O) groups excluding carboxylic acids is 2. The maximum absolute atomic E-state index is 13.0. The largest absolute Gasteiger partial charge is 0.493 e. The number of ether oxygens (including phenoxy) is 2. The number of rotatable bonds is 9. The van der Waals surface area contributed by atoms with Gasteiger partial charge in [0.25, 0.3) is 0 Å². The predicted molar refractivity (Wildman–Crippen MR) is 118 cm³/mol. The number of benzene rings is 1. The van der Waals surface area contributed by atoms with E-state index in [0.29, 0.717) is 37.4 Å². The van der Waals surface area contributed by atoms with E-state index in [9.17, 15) is 9.59 Å². The van der Waals surface area contributed by atoms with Crippen molar-refractivity contribution in [2.24, 2.45) is 5.92 Å². The van der Waals surface area contributed by atoms with Crippen molar-refractivity contribution in [1.82, 2.24) is 15.5 Å². The first kappa shape index (κ1) is 23.8. The number of carbonyl (C=O) groups is 2. The van der Waals surface area contributed by atoms with Gasteiger partial charge < -0.3 is 25.0 Å². The van der Waals surface area contributed by atoms with Crippen molar-refractivity contribution >= 4 is 11.9 Å². The molecule has 2 N–H and O–H groups in total. The summed E-state index contributed by atoms with van der Waals surface area (Å²) in [5.41, 5.74) is 2.12. The summed E-state index contributed by atoms with van der Waals surface area (Å²) in [4.78, 5) is 27.4. The summed E-state index contributed by atoms with van der Waals surface area (Å²) in [5, 5.41) is 6.18. The molecule has 1 aromatic rings. The fourth-order valence-corrected chi connectivity index (χ4v) is 4.01. The zero-order valence-corrected chi connectivity index (χ0v) is 19.2. The van der Waals surface area contributed by atoms with E-state index in [1.54, 1.807) is 14.2 Å². The molecule has 2 atom stereocenters. The monoisotopic (exact) mass is 419 g/mol. The van der Waals surface area contributed by atoms with E-state index < -0.39 is 0 Å². The van der Waals surface area contributed by atoms with Crippen LogP contribution in [0.4, 0.5) is 4.79 Å². The Hall–Kier alpha value is -2.44. The highest BCUT2D eigenvalue weighted by Gasteiger charge is 2.37. The number of methoxy groups -OCH3 is 2. The third-order valence-corrected chi connectivity index (χ3v) is 5.47. The Morgan fingerprint density at radius 2 is 1.83 bits per heavy atom. The minimum atomic E-state index is -0.272. The molecule has 1 aliphatic rings. The van der Waals surface area contributed by atoms with E-state index in [1.165, 1.54) is 0 Å². The van der Waals surface area contributed by atoms with Crippen molar-refractivity contribution in [3.05, 3.63) is 23.3 Å². The predicted octanol–water partition coefficient (Wildman–Crippen LogP) is 3.66. The molecule has 1 aliphatic heterocycles. The summed E-state index contributed by atoms with van der Waals surface area (Å²) in [6.07, 6.45) is 2.76. The molecule has 0 radical (unpaired) electrons. The van der Waals surface area contributed by atoms with Crippen LogP contribution in [0.2, 0.25) is 0 Å². The molecule has 0 unspecified atom stereocenters. The first-order valence-corrected chi connectivity index (χ1v) is 10.9. The third-order valence-electron chi connectivity index (χ3n) is 5.47. The van der Waals surface area contributed by atoms with Gasteiger partial charge in [-0.1, -0.05) is 27.7 Å². The normalized spacial score (nSPS) is 16.6. The molecule has 3 amide bonds. The summed E-state index contributed by atoms with van der Waals surface area (Å²) in [6, 6.07) is 3.38. The van der Waals surface area contributed by atoms with Crippen LogP contribution in [0.1, 0.15) is 64.1 Å². The number of hydrogen-bond donors (Lipinski definition) is 2. The van der Waals surface area contributed by atoms with Gasteiger partial charge in [0.2, 0.25) is 5.91 Å². The molecular weight excluding hydrogens is 382 g/mol. The summed E-state index contributed by atoms with van der Waals surface area (Å²) >= 11 is 0. The zero-order valence-electron chi connectivity index (χ0n) is 19.2. The molecule has 30 heavy (non-hydrogen) atoms. The molecule has 2 rings (SSSR count). The van der Waals surface area contributed by atoms with E-state index in [-0.39, 0.29) is 29.9 Å². The van der Waals surface area contributed by atoms with Gasteiger partial charge in [-0.15, -0.1) is 0 Å². The van der Waals surface area contributed by atoms with Crippen LogP contribution in [0.25, 0.3) is 0 Å². The van der Waals surface area contributed by atoms with Crippen LogP contribution in [0.5, 0.6) is 11.5 Å². The molecule has 7 nitrogen and oxygen atoms in total. The number of urea groups is 1. The molecule has 1 aromatic carbocycles. The van der Waals surface area contributed by atoms with Gasteiger partial charge in [-0.2, -0.15) is 0 Å². The number of nitrogens with zero attached hydrogens (tertiary/aromatic N) is 1. The molecule has 0 bridgehead atoms. The second kappa shape index (κ2) is 11.1. The lowest BCUT2D eigenvalue weighted by Crippen LogP contribution is -2.53. The Balaban J connectivity index is 2.46. The van der Waals surface area contributed by atoms with Gasteiger partial charge >= 0.3 is 6.03 Å². The standard InChI is InChI=1S/C23H37N3O4/c1-7-10-24-23(28)26-11-9-16-13-19(29-5)20(30-6)14-17(16)22(26)18(8-2)25-21(27)12-15(3)4/h13-15,18,22H,7-12H2,1-6H3,(H,24,28)(H,25,27)/t18-,22+/m0/s1. The lowest BCUT2D eigenvalue weighted by molar-refractivity contribution is -0.123. The van der Waals surface area contributed by atoms with Crippen molar-refractivity contribution in [2.45, 2.75) is 65.5 Å². The fourth-order valence-electron chi connectivity index (χ4n) is 4.01. The van der Waals surface area contributed by atoms with Crippen LogP contribution in [0.3, 0.4) is 0 Å². The molecule has 1 heterocycles. The van der Waals surface area contributed by atoms with E-state index in [4.69, 9.17) is 9.47 Å². The summed E-state index contributed by atoms with van der Waals surface area (Å²) in [6.45, 7) is 9.33. The van der Waals surface area contributed by atoms with Gasteiger partial charge in [-0.05, 0) is 48.4 Å². The van der Waals surface area contributed by atoms with Crippen LogP contribution in [0.15, 0.2) is 12.1 Å². The van der Waals surface area contributed by atoms with Gasteiger partial charge in [0.05, 0.1) is 26.3 Å². The molecular formula is C23H37N3O4. The van der Waals surface area contributed by atoms with Crippen LogP contribution in [0, 0.1) is 5.92 Å². The average molecular weight is 420 g/mol. The van der Waals surface area contributed by atoms with E-state index in [0.717, 1.165) is 24.0 Å². The second-order valence-electron chi connectivity index (χ2n) is 8.21. The zero-order chi connectivity index (χ0) is 22.3. The molecule has 0 aromatic heterocycles. The smallest absolute Gasteiger partial charge is 0.317 e. The Labute approximate surface area is 180 Å². The van der Waals surface area contributed by atoms with Gasteiger partial charge in [0, 0.05) is 19.5 Å². The number of amides is 3. The molecule has 0 fully saturated rings. The summed E-state index contributed by atoms with van der Waals surface area (Å²) in [5.74, 6) is 1.59. The first-order chi connectivity index (χ1) is 14.4. The van der Waals surface area contributed by atoms with Crippen molar-refractivity contribution in [3.8, 4) is 11.5 Å². The third kappa shape index (κ3) is 5.58. The maximum Gasteiger partial charge on any atom is 0.317 e. The SMILES string of the molecule is CCCNC(=O)N1CCc2cc(OC)c(OC)cc2[C@@H]1[C@H](CC)NC(=O)CC(C)C. The fraction of sp³-hybridized carbons (Fsp3) is 0.652. The van der Waals surface area contributed by atoms with Crippen molar-refractivity contribution in [1.29, 1.82) is 0 Å². The Kier molecular flexibility index (Phi) is 8.81. The van der Waals surface area contributed by atoms with Crippen LogP contribution >= 0.6 is 0 Å². The Bertz CT molecular complexity index is 735. The van der Waals surface area contributed by atoms with Gasteiger partial charge in [-0.3, -0.25) is 4.79 Å². The van der Waals surface area contributed by atoms with Crippen LogP contribution < -0.4 is 20.1 Å². The van der Waals surface area contributed by atoms with E-state index in [1.807, 2.05) is 44.7 Å². The molecule has 0 saturated carbocycles. The highest BCUT2D eigenvalue weighted by Crippen LogP contribution is 2.40. The molecule has 0 spiro atoms. The van der Waals surface area contributed by atoms with Crippen molar-refractivity contribution < 1.29 is 19.1 Å². The molecule has 168 valence electrons. The topological polar surface area (TPSA) is 79.9 Å². The maximum atomic E-state index is 13.0. The number of hydrogen-bond acceptors (Lipinski definition) is 4. The van der Waals surface area contributed by atoms with Crippen molar-refractivity contribution in [3.63, 3.8) is 0 Å². The second-order valence-corrected chi connectivity index (χ2v) is 8.21. The van der Waals surface area contributed by atoms with Gasteiger partial charge in [0.1, 0.15) is 0 Å². The quantitative estimate of drug-likeness (QED) is 0.640. The lowest BCUT2D eigenvalue weighted by atomic mass is 9.86. The molecule has 0 saturated heterocycles. The van der Waals surface area contributed by atoms with Gasteiger partial charge in [-0.25, -0.2) is 4.79 Å². The summed E-state index contributed by atoms with van der Waals surface area (Å²) < 4.78 is 11.0. The Morgan fingerprint density at radius 3 is 2.40 bits per heavy atom. The highest BCUT2D eigenvalue weighted by atomic mass is 16.5.